The van der Waals surface area contributed by atoms with E-state index in [9.17, 15) is 14.4 Å². The Bertz CT molecular complexity index is 687. The lowest BCUT2D eigenvalue weighted by Gasteiger charge is -2.28. The fourth-order valence-corrected chi connectivity index (χ4v) is 6.23. The molecule has 23 heavy (non-hydrogen) atoms. The van der Waals surface area contributed by atoms with Gasteiger partial charge >= 0.3 is 5.97 Å². The van der Waals surface area contributed by atoms with Crippen molar-refractivity contribution in [3.63, 3.8) is 0 Å². The van der Waals surface area contributed by atoms with Gasteiger partial charge in [0.25, 0.3) is 0 Å². The average molecular weight is 443 g/mol. The highest BCUT2D eigenvalue weighted by molar-refractivity contribution is 9.12. The second-order valence-corrected chi connectivity index (χ2v) is 8.48. The van der Waals surface area contributed by atoms with Crippen LogP contribution in [0.1, 0.15) is 16.8 Å². The van der Waals surface area contributed by atoms with Gasteiger partial charge in [0.15, 0.2) is 0 Å². The summed E-state index contributed by atoms with van der Waals surface area (Å²) < 4.78 is 0. The lowest BCUT2D eigenvalue weighted by Crippen LogP contribution is -2.37. The number of carbonyl (C=O) groups excluding carboxylic acids is 2. The molecule has 2 bridgehead atoms. The third kappa shape index (κ3) is 1.99. The van der Waals surface area contributed by atoms with Crippen LogP contribution in [0.2, 0.25) is 0 Å². The van der Waals surface area contributed by atoms with Crippen LogP contribution in [0.4, 0.5) is 5.69 Å². The van der Waals surface area contributed by atoms with Crippen molar-refractivity contribution in [2.24, 2.45) is 23.7 Å². The molecule has 1 heterocycles. The van der Waals surface area contributed by atoms with Crippen molar-refractivity contribution < 1.29 is 19.5 Å². The summed E-state index contributed by atoms with van der Waals surface area (Å²) in [4.78, 5) is 38.2. The number of benzene rings is 1. The van der Waals surface area contributed by atoms with Crippen molar-refractivity contribution in [2.75, 3.05) is 4.90 Å². The van der Waals surface area contributed by atoms with Gasteiger partial charge in [-0.25, -0.2) is 4.79 Å². The summed E-state index contributed by atoms with van der Waals surface area (Å²) in [5.41, 5.74) is 0.588. The highest BCUT2D eigenvalue weighted by atomic mass is 79.9. The number of halogens is 2. The number of imide groups is 1. The van der Waals surface area contributed by atoms with Gasteiger partial charge < -0.3 is 5.11 Å². The molecule has 3 aliphatic rings. The van der Waals surface area contributed by atoms with Crippen molar-refractivity contribution in [1.82, 2.24) is 0 Å². The normalized spacial score (nSPS) is 38.3. The number of amides is 2. The lowest BCUT2D eigenvalue weighted by atomic mass is 9.81. The largest absolute Gasteiger partial charge is 0.478 e. The molecule has 0 aromatic heterocycles. The maximum absolute atomic E-state index is 12.8. The van der Waals surface area contributed by atoms with Gasteiger partial charge in [0, 0.05) is 9.65 Å². The minimum Gasteiger partial charge on any atom is -0.478 e. The van der Waals surface area contributed by atoms with Crippen molar-refractivity contribution in [3.8, 4) is 0 Å². The molecule has 2 aliphatic carbocycles. The summed E-state index contributed by atoms with van der Waals surface area (Å²) in [5, 5.41) is 8.95. The fourth-order valence-electron chi connectivity index (χ4n) is 4.36. The highest BCUT2D eigenvalue weighted by Crippen LogP contribution is 2.60. The van der Waals surface area contributed by atoms with Crippen molar-refractivity contribution in [2.45, 2.75) is 16.1 Å². The zero-order valence-electron chi connectivity index (χ0n) is 11.9. The van der Waals surface area contributed by atoms with Crippen LogP contribution in [-0.4, -0.2) is 32.5 Å². The zero-order valence-corrected chi connectivity index (χ0v) is 15.0. The predicted molar refractivity (Wildman–Crippen MR) is 89.9 cm³/mol. The predicted octanol–water partition coefficient (Wildman–Crippen LogP) is 2.67. The first-order valence-electron chi connectivity index (χ1n) is 7.41. The molecular weight excluding hydrogens is 430 g/mol. The molecule has 2 saturated carbocycles. The number of rotatable bonds is 2. The number of carbonyl (C=O) groups is 3. The van der Waals surface area contributed by atoms with Crippen LogP contribution in [0, 0.1) is 23.7 Å². The standard InChI is InChI=1S/C16H13Br2NO4/c17-12-8-5-9(13(12)18)11-10(8)14(20)19(15(11)21)7-3-1-6(2-4-7)16(22)23/h1-4,8-13H,5H2,(H,22,23)/t8-,9+,10-,11-,12-,13+/m0/s1. The van der Waals surface area contributed by atoms with Gasteiger partial charge in [-0.2, -0.15) is 0 Å². The van der Waals surface area contributed by atoms with Gasteiger partial charge in [0.1, 0.15) is 0 Å². The number of alkyl halides is 2. The summed E-state index contributed by atoms with van der Waals surface area (Å²) in [6.45, 7) is 0. The summed E-state index contributed by atoms with van der Waals surface area (Å²) in [6.07, 6.45) is 0.893. The van der Waals surface area contributed by atoms with E-state index in [1.165, 1.54) is 29.2 Å². The first-order valence-corrected chi connectivity index (χ1v) is 9.24. The Morgan fingerprint density at radius 1 is 1.00 bits per heavy atom. The zero-order chi connectivity index (χ0) is 16.5. The van der Waals surface area contributed by atoms with Gasteiger partial charge in [0.05, 0.1) is 23.1 Å². The monoisotopic (exact) mass is 441 g/mol. The number of hydrogen-bond donors (Lipinski definition) is 1. The van der Waals surface area contributed by atoms with Gasteiger partial charge in [-0.1, -0.05) is 31.9 Å². The third-order valence-electron chi connectivity index (χ3n) is 5.36. The Morgan fingerprint density at radius 2 is 1.48 bits per heavy atom. The van der Waals surface area contributed by atoms with Crippen molar-refractivity contribution in [3.05, 3.63) is 29.8 Å². The van der Waals surface area contributed by atoms with Gasteiger partial charge in [-0.15, -0.1) is 0 Å². The molecule has 1 aliphatic heterocycles. The third-order valence-corrected chi connectivity index (χ3v) is 8.57. The number of fused-ring (bicyclic) bond motifs is 5. The molecule has 1 aromatic rings. The minimum absolute atomic E-state index is 0.133. The summed E-state index contributed by atoms with van der Waals surface area (Å²) in [5.74, 6) is -1.51. The molecule has 2 amide bonds. The Balaban J connectivity index is 1.68. The van der Waals surface area contributed by atoms with Crippen LogP contribution >= 0.6 is 31.9 Å². The van der Waals surface area contributed by atoms with Gasteiger partial charge in [-0.05, 0) is 42.5 Å². The van der Waals surface area contributed by atoms with Crippen LogP contribution in [0.3, 0.4) is 0 Å². The quantitative estimate of drug-likeness (QED) is 0.564. The number of nitrogens with zero attached hydrogens (tertiary/aromatic N) is 1. The van der Waals surface area contributed by atoms with E-state index in [-0.39, 0.29) is 50.7 Å². The van der Waals surface area contributed by atoms with E-state index in [2.05, 4.69) is 31.9 Å². The first kappa shape index (κ1) is 15.3. The topological polar surface area (TPSA) is 74.7 Å². The first-order chi connectivity index (χ1) is 10.9. The molecular formula is C16H13Br2NO4. The molecule has 1 saturated heterocycles. The minimum atomic E-state index is -1.03. The summed E-state index contributed by atoms with van der Waals surface area (Å²) >= 11 is 7.30. The molecule has 5 nitrogen and oxygen atoms in total. The Kier molecular flexibility index (Phi) is 3.43. The fraction of sp³-hybridized carbons (Fsp3) is 0.438. The maximum Gasteiger partial charge on any atom is 0.335 e. The average Bonchev–Trinajstić information content (AvgIpc) is 3.12. The van der Waals surface area contributed by atoms with E-state index in [4.69, 9.17) is 5.11 Å². The Hall–Kier alpha value is -1.21. The van der Waals surface area contributed by atoms with E-state index >= 15 is 0 Å². The van der Waals surface area contributed by atoms with Crippen LogP contribution in [0.15, 0.2) is 24.3 Å². The number of anilines is 1. The summed E-state index contributed by atoms with van der Waals surface area (Å²) in [6, 6.07) is 5.89. The lowest BCUT2D eigenvalue weighted by molar-refractivity contribution is -0.123. The van der Waals surface area contributed by atoms with Crippen LogP contribution in [0.5, 0.6) is 0 Å². The molecule has 3 fully saturated rings. The molecule has 0 spiro atoms. The second-order valence-electron chi connectivity index (χ2n) is 6.37. The van der Waals surface area contributed by atoms with E-state index in [0.717, 1.165) is 6.42 Å². The number of carboxylic acid groups (broad SMARTS) is 1. The SMILES string of the molecule is O=C(O)c1ccc(N2C(=O)[C@H]3[C@@H]4C[C@@H]([C@@H](Br)[C@H]4Br)[C@@H]3C2=O)cc1. The van der Waals surface area contributed by atoms with E-state index in [1.807, 2.05) is 0 Å². The second kappa shape index (κ2) is 5.14. The molecule has 0 radical (unpaired) electrons. The Labute approximate surface area is 149 Å². The van der Waals surface area contributed by atoms with E-state index in [1.54, 1.807) is 0 Å². The van der Waals surface area contributed by atoms with Crippen LogP contribution in [-0.2, 0) is 9.59 Å². The number of carboxylic acids is 1. The maximum atomic E-state index is 12.8. The summed E-state index contributed by atoms with van der Waals surface area (Å²) in [7, 11) is 0. The van der Waals surface area contributed by atoms with Crippen molar-refractivity contribution in [1.29, 1.82) is 0 Å². The molecule has 4 rings (SSSR count). The smallest absolute Gasteiger partial charge is 0.335 e. The van der Waals surface area contributed by atoms with E-state index < -0.39 is 5.97 Å². The van der Waals surface area contributed by atoms with E-state index in [0.29, 0.717) is 5.69 Å². The highest BCUT2D eigenvalue weighted by Gasteiger charge is 2.66. The van der Waals surface area contributed by atoms with Crippen LogP contribution < -0.4 is 4.90 Å². The Morgan fingerprint density at radius 3 is 1.91 bits per heavy atom. The van der Waals surface area contributed by atoms with Gasteiger partial charge in [0.2, 0.25) is 11.8 Å². The van der Waals surface area contributed by atoms with Gasteiger partial charge in [-0.3, -0.25) is 14.5 Å². The number of hydrogen-bond acceptors (Lipinski definition) is 3. The van der Waals surface area contributed by atoms with Crippen LogP contribution in [0.25, 0.3) is 0 Å². The molecule has 1 N–H and O–H groups in total. The molecule has 6 atom stereocenters. The molecule has 120 valence electrons. The molecule has 0 unspecified atom stereocenters. The number of aromatic carboxylic acids is 1. The van der Waals surface area contributed by atoms with Crippen molar-refractivity contribution >= 4 is 55.3 Å². The molecule has 7 heteroatoms. The molecule has 1 aromatic carbocycles.